The van der Waals surface area contributed by atoms with E-state index in [4.69, 9.17) is 16.2 Å². The SMILES string of the molecule is CCOCCN.CCSCC(N)=O. The standard InChI is InChI=1S/C4H9NOS.C4H11NO/c1-2-7-3-4(5)6;1-2-6-4-3-5/h2-3H2,1H3,(H2,5,6);2-5H2,1H3. The number of nitrogens with two attached hydrogens (primary N) is 2. The smallest absolute Gasteiger partial charge is 0.227 e. The molecule has 0 rings (SSSR count). The maximum atomic E-state index is 9.96. The van der Waals surface area contributed by atoms with Crippen LogP contribution in [0.5, 0.6) is 0 Å². The van der Waals surface area contributed by atoms with E-state index < -0.39 is 0 Å². The number of amides is 1. The monoisotopic (exact) mass is 208 g/mol. The van der Waals surface area contributed by atoms with E-state index in [2.05, 4.69) is 0 Å². The van der Waals surface area contributed by atoms with Crippen molar-refractivity contribution < 1.29 is 9.53 Å². The maximum absolute atomic E-state index is 9.96. The van der Waals surface area contributed by atoms with Crippen LogP contribution < -0.4 is 11.5 Å². The van der Waals surface area contributed by atoms with E-state index in [9.17, 15) is 4.79 Å². The molecular weight excluding hydrogens is 188 g/mol. The summed E-state index contributed by atoms with van der Waals surface area (Å²) in [5.74, 6) is 1.19. The van der Waals surface area contributed by atoms with E-state index in [1.807, 2.05) is 13.8 Å². The Morgan fingerprint density at radius 1 is 1.46 bits per heavy atom. The van der Waals surface area contributed by atoms with Crippen LogP contribution >= 0.6 is 11.8 Å². The molecule has 0 atom stereocenters. The van der Waals surface area contributed by atoms with Crippen molar-refractivity contribution in [1.29, 1.82) is 0 Å². The molecule has 0 heterocycles. The summed E-state index contributed by atoms with van der Waals surface area (Å²) in [4.78, 5) is 9.96. The van der Waals surface area contributed by atoms with Crippen molar-refractivity contribution in [1.82, 2.24) is 0 Å². The molecule has 4 N–H and O–H groups in total. The van der Waals surface area contributed by atoms with Gasteiger partial charge in [-0.05, 0) is 12.7 Å². The van der Waals surface area contributed by atoms with E-state index in [1.165, 1.54) is 0 Å². The van der Waals surface area contributed by atoms with Gasteiger partial charge in [0, 0.05) is 13.2 Å². The minimum atomic E-state index is -0.230. The molecule has 0 aromatic carbocycles. The van der Waals surface area contributed by atoms with Gasteiger partial charge in [-0.15, -0.1) is 0 Å². The van der Waals surface area contributed by atoms with Crippen LogP contribution in [-0.2, 0) is 9.53 Å². The molecule has 80 valence electrons. The predicted octanol–water partition coefficient (Wildman–Crippen LogP) is 0.206. The quantitative estimate of drug-likeness (QED) is 0.611. The number of rotatable bonds is 6. The third-order valence-electron chi connectivity index (χ3n) is 0.915. The van der Waals surface area contributed by atoms with Crippen LogP contribution in [0.3, 0.4) is 0 Å². The molecule has 0 aromatic heterocycles. The Balaban J connectivity index is 0. The molecule has 0 aromatic rings. The Hall–Kier alpha value is -0.260. The number of primary amides is 1. The molecule has 0 spiro atoms. The topological polar surface area (TPSA) is 78.3 Å². The molecule has 0 aliphatic rings. The van der Waals surface area contributed by atoms with Gasteiger partial charge in [0.15, 0.2) is 0 Å². The average molecular weight is 208 g/mol. The number of hydrogen-bond donors (Lipinski definition) is 2. The van der Waals surface area contributed by atoms with Crippen LogP contribution in [0, 0.1) is 0 Å². The third-order valence-corrected chi connectivity index (χ3v) is 1.81. The van der Waals surface area contributed by atoms with Crippen molar-refractivity contribution in [3.05, 3.63) is 0 Å². The zero-order chi connectivity index (χ0) is 10.5. The number of thioether (sulfide) groups is 1. The Bertz CT molecular complexity index is 108. The Morgan fingerprint density at radius 2 is 2.08 bits per heavy atom. The van der Waals surface area contributed by atoms with Gasteiger partial charge in [-0.25, -0.2) is 0 Å². The highest BCUT2D eigenvalue weighted by molar-refractivity contribution is 7.99. The lowest BCUT2D eigenvalue weighted by Crippen LogP contribution is -2.13. The summed E-state index contributed by atoms with van der Waals surface area (Å²) in [6, 6.07) is 0. The van der Waals surface area contributed by atoms with Gasteiger partial charge in [0.1, 0.15) is 0 Å². The summed E-state index contributed by atoms with van der Waals surface area (Å²) in [5, 5.41) is 0. The fourth-order valence-electron chi connectivity index (χ4n) is 0.430. The molecule has 1 amide bonds. The zero-order valence-electron chi connectivity index (χ0n) is 8.41. The number of ether oxygens (including phenoxy) is 1. The number of carbonyl (C=O) groups is 1. The molecule has 0 aliphatic heterocycles. The van der Waals surface area contributed by atoms with Crippen LogP contribution in [0.2, 0.25) is 0 Å². The average Bonchev–Trinajstić information content (AvgIpc) is 2.12. The van der Waals surface area contributed by atoms with E-state index in [0.717, 1.165) is 12.4 Å². The Labute approximate surface area is 84.4 Å². The third kappa shape index (κ3) is 24.5. The van der Waals surface area contributed by atoms with Gasteiger partial charge in [-0.3, -0.25) is 4.79 Å². The highest BCUT2D eigenvalue weighted by Crippen LogP contribution is 1.94. The summed E-state index contributed by atoms with van der Waals surface area (Å²) in [6.07, 6.45) is 0. The van der Waals surface area contributed by atoms with E-state index >= 15 is 0 Å². The summed E-state index contributed by atoms with van der Waals surface area (Å²) < 4.78 is 4.86. The lowest BCUT2D eigenvalue weighted by atomic mass is 10.7. The first-order chi connectivity index (χ1) is 6.18. The van der Waals surface area contributed by atoms with Gasteiger partial charge in [-0.1, -0.05) is 6.92 Å². The molecule has 13 heavy (non-hydrogen) atoms. The van der Waals surface area contributed by atoms with Crippen LogP contribution in [0.15, 0.2) is 0 Å². The molecular formula is C8H20N2O2S. The molecule has 5 heteroatoms. The summed E-state index contributed by atoms with van der Waals surface area (Å²) in [7, 11) is 0. The van der Waals surface area contributed by atoms with E-state index in [0.29, 0.717) is 18.9 Å². The molecule has 0 saturated heterocycles. The van der Waals surface area contributed by atoms with E-state index in [-0.39, 0.29) is 5.91 Å². The van der Waals surface area contributed by atoms with Crippen molar-refractivity contribution in [2.45, 2.75) is 13.8 Å². The molecule has 0 aliphatic carbocycles. The first kappa shape index (κ1) is 15.2. The molecule has 4 nitrogen and oxygen atoms in total. The molecule has 0 fully saturated rings. The highest BCUT2D eigenvalue weighted by atomic mass is 32.2. The normalized spacial score (nSPS) is 8.85. The summed E-state index contributed by atoms with van der Waals surface area (Å²) >= 11 is 1.54. The van der Waals surface area contributed by atoms with Crippen molar-refractivity contribution >= 4 is 17.7 Å². The molecule has 0 unspecified atom stereocenters. The van der Waals surface area contributed by atoms with Gasteiger partial charge in [0.2, 0.25) is 5.91 Å². The highest BCUT2D eigenvalue weighted by Gasteiger charge is 1.88. The first-order valence-electron chi connectivity index (χ1n) is 4.32. The molecule has 0 radical (unpaired) electrons. The minimum absolute atomic E-state index is 0.230. The second-order valence-electron chi connectivity index (χ2n) is 2.09. The summed E-state index contributed by atoms with van der Waals surface area (Å²) in [5.41, 5.74) is 9.91. The summed E-state index contributed by atoms with van der Waals surface area (Å²) in [6.45, 7) is 6.05. The number of carbonyl (C=O) groups excluding carboxylic acids is 1. The lowest BCUT2D eigenvalue weighted by molar-refractivity contribution is -0.115. The van der Waals surface area contributed by atoms with Crippen LogP contribution in [-0.4, -0.2) is 37.2 Å². The lowest BCUT2D eigenvalue weighted by Gasteiger charge is -1.91. The van der Waals surface area contributed by atoms with Crippen LogP contribution in [0.4, 0.5) is 0 Å². The van der Waals surface area contributed by atoms with Crippen LogP contribution in [0.25, 0.3) is 0 Å². The largest absolute Gasteiger partial charge is 0.380 e. The van der Waals surface area contributed by atoms with Gasteiger partial charge >= 0.3 is 0 Å². The molecule has 0 saturated carbocycles. The van der Waals surface area contributed by atoms with Gasteiger partial charge < -0.3 is 16.2 Å². The van der Waals surface area contributed by atoms with Crippen molar-refractivity contribution in [2.24, 2.45) is 11.5 Å². The second-order valence-corrected chi connectivity index (χ2v) is 3.36. The van der Waals surface area contributed by atoms with Crippen molar-refractivity contribution in [3.8, 4) is 0 Å². The Morgan fingerprint density at radius 3 is 2.23 bits per heavy atom. The fraction of sp³-hybridized carbons (Fsp3) is 0.875. The first-order valence-corrected chi connectivity index (χ1v) is 5.48. The van der Waals surface area contributed by atoms with E-state index in [1.54, 1.807) is 11.8 Å². The number of hydrogen-bond acceptors (Lipinski definition) is 4. The van der Waals surface area contributed by atoms with Crippen molar-refractivity contribution in [2.75, 3.05) is 31.3 Å². The van der Waals surface area contributed by atoms with Gasteiger partial charge in [-0.2, -0.15) is 11.8 Å². The predicted molar refractivity (Wildman–Crippen MR) is 57.7 cm³/mol. The van der Waals surface area contributed by atoms with Gasteiger partial charge in [0.05, 0.1) is 12.4 Å². The molecule has 0 bridgehead atoms. The van der Waals surface area contributed by atoms with Gasteiger partial charge in [0.25, 0.3) is 0 Å². The fourth-order valence-corrected chi connectivity index (χ4v) is 0.836. The zero-order valence-corrected chi connectivity index (χ0v) is 9.23. The van der Waals surface area contributed by atoms with Crippen LogP contribution in [0.1, 0.15) is 13.8 Å². The Kier molecular flexibility index (Phi) is 16.7. The van der Waals surface area contributed by atoms with Crippen molar-refractivity contribution in [3.63, 3.8) is 0 Å². The maximum Gasteiger partial charge on any atom is 0.227 e. The minimum Gasteiger partial charge on any atom is -0.380 e. The second kappa shape index (κ2) is 14.3.